The maximum Gasteiger partial charge on any atom is 0.125 e. The summed E-state index contributed by atoms with van der Waals surface area (Å²) >= 11 is 6.24. The molecule has 0 aliphatic carbocycles. The summed E-state index contributed by atoms with van der Waals surface area (Å²) in [4.78, 5) is 0. The van der Waals surface area contributed by atoms with Gasteiger partial charge in [-0.05, 0) is 24.6 Å². The van der Waals surface area contributed by atoms with Gasteiger partial charge in [0.25, 0.3) is 0 Å². The summed E-state index contributed by atoms with van der Waals surface area (Å²) in [5, 5.41) is 0.768. The monoisotopic (exact) mass is 290 g/mol. The number of hydrogen-bond acceptors (Lipinski definition) is 2. The fraction of sp³-hybridized carbons (Fsp3) is 0.294. The fourth-order valence-corrected chi connectivity index (χ4v) is 2.40. The molecule has 0 radical (unpaired) electrons. The molecule has 20 heavy (non-hydrogen) atoms. The number of ether oxygens (including phenoxy) is 2. The zero-order chi connectivity index (χ0) is 14.4. The zero-order valence-corrected chi connectivity index (χ0v) is 12.6. The van der Waals surface area contributed by atoms with Gasteiger partial charge >= 0.3 is 0 Å². The summed E-state index contributed by atoms with van der Waals surface area (Å²) in [7, 11) is 1.67. The van der Waals surface area contributed by atoms with Crippen LogP contribution in [-0.2, 0) is 13.0 Å². The van der Waals surface area contributed by atoms with E-state index in [-0.39, 0.29) is 0 Å². The van der Waals surface area contributed by atoms with Gasteiger partial charge in [0.1, 0.15) is 18.1 Å². The van der Waals surface area contributed by atoms with E-state index in [4.69, 9.17) is 21.1 Å². The molecule has 2 aromatic rings. The Labute approximate surface area is 125 Å². The maximum atomic E-state index is 6.24. The minimum Gasteiger partial charge on any atom is -0.496 e. The number of benzene rings is 2. The molecule has 0 heterocycles. The van der Waals surface area contributed by atoms with Gasteiger partial charge < -0.3 is 9.47 Å². The van der Waals surface area contributed by atoms with Gasteiger partial charge in [0.15, 0.2) is 0 Å². The van der Waals surface area contributed by atoms with E-state index in [0.717, 1.165) is 40.5 Å². The van der Waals surface area contributed by atoms with Crippen molar-refractivity contribution in [3.8, 4) is 11.5 Å². The van der Waals surface area contributed by atoms with Crippen LogP contribution in [0.15, 0.2) is 42.5 Å². The van der Waals surface area contributed by atoms with Crippen molar-refractivity contribution in [3.05, 3.63) is 58.6 Å². The number of para-hydroxylation sites is 1. The second-order valence-electron chi connectivity index (χ2n) is 4.57. The van der Waals surface area contributed by atoms with Crippen molar-refractivity contribution in [1.82, 2.24) is 0 Å². The first-order chi connectivity index (χ1) is 9.76. The highest BCUT2D eigenvalue weighted by molar-refractivity contribution is 6.31. The summed E-state index contributed by atoms with van der Waals surface area (Å²) in [5.74, 6) is 1.69. The summed E-state index contributed by atoms with van der Waals surface area (Å²) in [6.07, 6.45) is 1.95. The van der Waals surface area contributed by atoms with Crippen molar-refractivity contribution < 1.29 is 9.47 Å². The highest BCUT2D eigenvalue weighted by Gasteiger charge is 2.09. The normalized spacial score (nSPS) is 10.3. The van der Waals surface area contributed by atoms with E-state index in [0.29, 0.717) is 6.61 Å². The molecule has 0 aliphatic rings. The highest BCUT2D eigenvalue weighted by Crippen LogP contribution is 2.29. The van der Waals surface area contributed by atoms with E-state index in [1.165, 1.54) is 0 Å². The van der Waals surface area contributed by atoms with Gasteiger partial charge in [-0.2, -0.15) is 0 Å². The fourth-order valence-electron chi connectivity index (χ4n) is 2.14. The average molecular weight is 291 g/mol. The first-order valence-electron chi connectivity index (χ1n) is 6.78. The minimum atomic E-state index is 0.473. The van der Waals surface area contributed by atoms with Gasteiger partial charge in [0.2, 0.25) is 0 Å². The molecule has 2 rings (SSSR count). The topological polar surface area (TPSA) is 18.5 Å². The Kier molecular flexibility index (Phi) is 5.31. The Morgan fingerprint density at radius 3 is 2.50 bits per heavy atom. The van der Waals surface area contributed by atoms with Gasteiger partial charge in [0, 0.05) is 16.1 Å². The van der Waals surface area contributed by atoms with Crippen LogP contribution in [0.1, 0.15) is 24.5 Å². The molecular formula is C17H19ClO2. The van der Waals surface area contributed by atoms with Crippen molar-refractivity contribution in [2.24, 2.45) is 0 Å². The van der Waals surface area contributed by atoms with Gasteiger partial charge in [-0.15, -0.1) is 0 Å². The molecule has 0 saturated heterocycles. The summed E-state index contributed by atoms with van der Waals surface area (Å²) in [5.41, 5.74) is 2.10. The van der Waals surface area contributed by atoms with Crippen molar-refractivity contribution >= 4 is 11.6 Å². The molecule has 0 aromatic heterocycles. The molecule has 3 heteroatoms. The van der Waals surface area contributed by atoms with E-state index in [9.17, 15) is 0 Å². The molecule has 0 spiro atoms. The van der Waals surface area contributed by atoms with Crippen LogP contribution in [0.4, 0.5) is 0 Å². The Bertz CT molecular complexity index is 567. The SMILES string of the molecule is CCCc1c(Cl)cccc1OCc1ccccc1OC. The molecule has 0 fully saturated rings. The lowest BCUT2D eigenvalue weighted by Gasteiger charge is -2.14. The Morgan fingerprint density at radius 1 is 1.00 bits per heavy atom. The van der Waals surface area contributed by atoms with E-state index in [1.54, 1.807) is 7.11 Å². The van der Waals surface area contributed by atoms with Crippen molar-refractivity contribution in [1.29, 1.82) is 0 Å². The first kappa shape index (κ1) is 14.7. The number of methoxy groups -OCH3 is 1. The van der Waals surface area contributed by atoms with E-state index in [1.807, 2.05) is 42.5 Å². The third kappa shape index (κ3) is 3.45. The van der Waals surface area contributed by atoms with E-state index < -0.39 is 0 Å². The van der Waals surface area contributed by atoms with Gasteiger partial charge in [-0.25, -0.2) is 0 Å². The van der Waals surface area contributed by atoms with Gasteiger partial charge in [-0.1, -0.05) is 49.2 Å². The second kappa shape index (κ2) is 7.20. The van der Waals surface area contributed by atoms with Crippen LogP contribution in [0.5, 0.6) is 11.5 Å². The Morgan fingerprint density at radius 2 is 1.75 bits per heavy atom. The van der Waals surface area contributed by atoms with Crippen LogP contribution >= 0.6 is 11.6 Å². The second-order valence-corrected chi connectivity index (χ2v) is 4.97. The predicted octanol–water partition coefficient (Wildman–Crippen LogP) is 4.88. The summed E-state index contributed by atoms with van der Waals surface area (Å²) in [6.45, 7) is 2.61. The largest absolute Gasteiger partial charge is 0.496 e. The van der Waals surface area contributed by atoms with Crippen molar-refractivity contribution in [2.45, 2.75) is 26.4 Å². The van der Waals surface area contributed by atoms with Crippen LogP contribution < -0.4 is 9.47 Å². The van der Waals surface area contributed by atoms with Crippen molar-refractivity contribution in [2.75, 3.05) is 7.11 Å². The third-order valence-electron chi connectivity index (χ3n) is 3.15. The van der Waals surface area contributed by atoms with Crippen LogP contribution in [0.3, 0.4) is 0 Å². The van der Waals surface area contributed by atoms with Crippen LogP contribution in [-0.4, -0.2) is 7.11 Å². The van der Waals surface area contributed by atoms with E-state index >= 15 is 0 Å². The zero-order valence-electron chi connectivity index (χ0n) is 11.9. The van der Waals surface area contributed by atoms with Crippen LogP contribution in [0, 0.1) is 0 Å². The van der Waals surface area contributed by atoms with Crippen LogP contribution in [0.25, 0.3) is 0 Å². The molecule has 2 nitrogen and oxygen atoms in total. The lowest BCUT2D eigenvalue weighted by atomic mass is 10.1. The van der Waals surface area contributed by atoms with Gasteiger partial charge in [0.05, 0.1) is 7.11 Å². The average Bonchev–Trinajstić information content (AvgIpc) is 2.48. The maximum absolute atomic E-state index is 6.24. The molecule has 2 aromatic carbocycles. The number of rotatable bonds is 6. The van der Waals surface area contributed by atoms with E-state index in [2.05, 4.69) is 6.92 Å². The molecule has 0 N–H and O–H groups in total. The molecular weight excluding hydrogens is 272 g/mol. The molecule has 106 valence electrons. The molecule has 0 bridgehead atoms. The summed E-state index contributed by atoms with van der Waals surface area (Å²) in [6, 6.07) is 13.6. The Hall–Kier alpha value is -1.67. The number of hydrogen-bond donors (Lipinski definition) is 0. The quantitative estimate of drug-likeness (QED) is 0.755. The molecule has 0 aliphatic heterocycles. The first-order valence-corrected chi connectivity index (χ1v) is 7.16. The minimum absolute atomic E-state index is 0.473. The lowest BCUT2D eigenvalue weighted by Crippen LogP contribution is -2.01. The van der Waals surface area contributed by atoms with Gasteiger partial charge in [-0.3, -0.25) is 0 Å². The lowest BCUT2D eigenvalue weighted by molar-refractivity contribution is 0.293. The Balaban J connectivity index is 2.16. The predicted molar refractivity (Wildman–Crippen MR) is 82.8 cm³/mol. The molecule has 0 saturated carbocycles. The highest BCUT2D eigenvalue weighted by atomic mass is 35.5. The smallest absolute Gasteiger partial charge is 0.125 e. The molecule has 0 unspecified atom stereocenters. The van der Waals surface area contributed by atoms with Crippen molar-refractivity contribution in [3.63, 3.8) is 0 Å². The standard InChI is InChI=1S/C17H19ClO2/c1-3-7-14-15(18)9-6-11-17(14)20-12-13-8-4-5-10-16(13)19-2/h4-6,8-11H,3,7,12H2,1-2H3. The molecule has 0 atom stereocenters. The number of halogens is 1. The van der Waals surface area contributed by atoms with Crippen LogP contribution in [0.2, 0.25) is 5.02 Å². The third-order valence-corrected chi connectivity index (χ3v) is 3.51. The summed E-state index contributed by atoms with van der Waals surface area (Å²) < 4.78 is 11.3. The molecule has 0 amide bonds.